The van der Waals surface area contributed by atoms with Crippen molar-refractivity contribution in [3.8, 4) is 16.5 Å². The number of halogens is 1. The zero-order valence-corrected chi connectivity index (χ0v) is 14.3. The Labute approximate surface area is 138 Å². The van der Waals surface area contributed by atoms with Crippen molar-refractivity contribution < 1.29 is 9.15 Å². The number of hydrogen-bond acceptors (Lipinski definition) is 6. The maximum absolute atomic E-state index is 5.63. The summed E-state index contributed by atoms with van der Waals surface area (Å²) < 4.78 is 12.3. The lowest BCUT2D eigenvalue weighted by atomic mass is 10.3. The maximum atomic E-state index is 5.63. The third-order valence-electron chi connectivity index (χ3n) is 2.67. The van der Waals surface area contributed by atoms with E-state index in [0.717, 1.165) is 14.4 Å². The van der Waals surface area contributed by atoms with Gasteiger partial charge in [-0.1, -0.05) is 0 Å². The van der Waals surface area contributed by atoms with Gasteiger partial charge in [0.1, 0.15) is 5.75 Å². The van der Waals surface area contributed by atoms with E-state index in [1.54, 1.807) is 23.1 Å². The average molecular weight is 383 g/mol. The summed E-state index contributed by atoms with van der Waals surface area (Å²) in [7, 11) is 0. The summed E-state index contributed by atoms with van der Waals surface area (Å²) in [6.45, 7) is 0.262. The molecular weight excluding hydrogens is 372 g/mol. The van der Waals surface area contributed by atoms with Gasteiger partial charge in [0, 0.05) is 4.90 Å². The molecule has 0 N–H and O–H groups in total. The van der Waals surface area contributed by atoms with Crippen LogP contribution in [0.4, 0.5) is 0 Å². The predicted octanol–water partition coefficient (Wildman–Crippen LogP) is 4.86. The van der Waals surface area contributed by atoms with Crippen LogP contribution in [0.25, 0.3) is 10.8 Å². The molecule has 3 aromatic rings. The third kappa shape index (κ3) is 3.66. The number of rotatable bonds is 5. The van der Waals surface area contributed by atoms with Crippen molar-refractivity contribution in [2.45, 2.75) is 11.5 Å². The number of ether oxygens (including phenoxy) is 1. The van der Waals surface area contributed by atoms with E-state index >= 15 is 0 Å². The molecule has 0 saturated heterocycles. The van der Waals surface area contributed by atoms with Crippen LogP contribution in [-0.4, -0.2) is 16.5 Å². The summed E-state index contributed by atoms with van der Waals surface area (Å²) >= 11 is 6.66. The van der Waals surface area contributed by atoms with E-state index in [1.807, 2.05) is 42.7 Å². The van der Waals surface area contributed by atoms with Gasteiger partial charge in [-0.15, -0.1) is 33.3 Å². The van der Waals surface area contributed by atoms with E-state index < -0.39 is 0 Å². The predicted molar refractivity (Wildman–Crippen MR) is 87.9 cm³/mol. The summed E-state index contributed by atoms with van der Waals surface area (Å²) in [6, 6.07) is 11.8. The Morgan fingerprint density at radius 3 is 2.67 bits per heavy atom. The quantitative estimate of drug-likeness (QED) is 0.589. The highest BCUT2D eigenvalue weighted by Gasteiger charge is 2.11. The largest absolute Gasteiger partial charge is 0.484 e. The molecule has 7 heteroatoms. The highest BCUT2D eigenvalue weighted by Crippen LogP contribution is 2.30. The zero-order valence-electron chi connectivity index (χ0n) is 11.1. The van der Waals surface area contributed by atoms with Crippen LogP contribution >= 0.6 is 39.0 Å². The minimum Gasteiger partial charge on any atom is -0.484 e. The van der Waals surface area contributed by atoms with Gasteiger partial charge in [-0.05, 0) is 58.6 Å². The molecule has 0 aliphatic rings. The highest BCUT2D eigenvalue weighted by molar-refractivity contribution is 9.11. The number of thiophene rings is 1. The summed E-state index contributed by atoms with van der Waals surface area (Å²) in [5.74, 6) is 1.76. The Bertz CT molecular complexity index is 725. The van der Waals surface area contributed by atoms with Gasteiger partial charge < -0.3 is 9.15 Å². The smallest absolute Gasteiger partial charge is 0.257 e. The van der Waals surface area contributed by atoms with Gasteiger partial charge in [0.05, 0.1) is 8.66 Å². The molecule has 0 spiro atoms. The second-order valence-corrected chi connectivity index (χ2v) is 7.41. The van der Waals surface area contributed by atoms with Gasteiger partial charge in [0.25, 0.3) is 11.8 Å². The van der Waals surface area contributed by atoms with Crippen LogP contribution in [-0.2, 0) is 6.61 Å². The molecule has 4 nitrogen and oxygen atoms in total. The van der Waals surface area contributed by atoms with Crippen molar-refractivity contribution in [1.29, 1.82) is 0 Å². The van der Waals surface area contributed by atoms with Crippen molar-refractivity contribution >= 4 is 39.0 Å². The molecule has 2 aromatic heterocycles. The SMILES string of the molecule is CSc1ccc(OCc2nnc(-c3ccc(Br)s3)o2)cc1. The molecule has 2 heterocycles. The van der Waals surface area contributed by atoms with E-state index in [9.17, 15) is 0 Å². The van der Waals surface area contributed by atoms with Crippen LogP contribution in [0.15, 0.2) is 49.5 Å². The molecule has 21 heavy (non-hydrogen) atoms. The van der Waals surface area contributed by atoms with Crippen LogP contribution in [0.1, 0.15) is 5.89 Å². The van der Waals surface area contributed by atoms with Crippen LogP contribution in [0, 0.1) is 0 Å². The Morgan fingerprint density at radius 1 is 1.19 bits per heavy atom. The standard InChI is InChI=1S/C14H11BrN2O2S2/c1-20-10-4-2-9(3-5-10)18-8-13-16-17-14(19-13)11-6-7-12(15)21-11/h2-7H,8H2,1H3. The van der Waals surface area contributed by atoms with Crippen molar-refractivity contribution in [2.75, 3.05) is 6.26 Å². The van der Waals surface area contributed by atoms with Crippen molar-refractivity contribution in [2.24, 2.45) is 0 Å². The van der Waals surface area contributed by atoms with Crippen molar-refractivity contribution in [1.82, 2.24) is 10.2 Å². The van der Waals surface area contributed by atoms with Gasteiger partial charge in [0.2, 0.25) is 0 Å². The fourth-order valence-electron chi connectivity index (χ4n) is 1.66. The molecule has 0 unspecified atom stereocenters. The van der Waals surface area contributed by atoms with Gasteiger partial charge >= 0.3 is 0 Å². The van der Waals surface area contributed by atoms with Crippen LogP contribution in [0.3, 0.4) is 0 Å². The maximum Gasteiger partial charge on any atom is 0.257 e. The molecule has 0 aliphatic carbocycles. The normalized spacial score (nSPS) is 10.8. The van der Waals surface area contributed by atoms with Crippen molar-refractivity contribution in [3.05, 3.63) is 46.1 Å². The first-order valence-electron chi connectivity index (χ1n) is 6.09. The Hall–Kier alpha value is -1.31. The molecule has 3 rings (SSSR count). The molecule has 0 saturated carbocycles. The number of hydrogen-bond donors (Lipinski definition) is 0. The van der Waals surface area contributed by atoms with Gasteiger partial charge in [0.15, 0.2) is 6.61 Å². The molecule has 1 aromatic carbocycles. The second-order valence-electron chi connectivity index (χ2n) is 4.07. The number of thioether (sulfide) groups is 1. The zero-order chi connectivity index (χ0) is 14.7. The van der Waals surface area contributed by atoms with Crippen LogP contribution in [0.2, 0.25) is 0 Å². The third-order valence-corrected chi connectivity index (χ3v) is 5.03. The number of nitrogens with zero attached hydrogens (tertiary/aromatic N) is 2. The first-order valence-corrected chi connectivity index (χ1v) is 8.93. The van der Waals surface area contributed by atoms with E-state index in [0.29, 0.717) is 11.8 Å². The summed E-state index contributed by atoms with van der Waals surface area (Å²) in [6.07, 6.45) is 2.04. The molecule has 0 aliphatic heterocycles. The van der Waals surface area contributed by atoms with E-state index in [-0.39, 0.29) is 6.61 Å². The van der Waals surface area contributed by atoms with Gasteiger partial charge in [-0.3, -0.25) is 0 Å². The molecule has 0 fully saturated rings. The minimum atomic E-state index is 0.262. The highest BCUT2D eigenvalue weighted by atomic mass is 79.9. The molecule has 0 radical (unpaired) electrons. The fraction of sp³-hybridized carbons (Fsp3) is 0.143. The fourth-order valence-corrected chi connectivity index (χ4v) is 3.37. The van der Waals surface area contributed by atoms with Crippen LogP contribution in [0.5, 0.6) is 5.75 Å². The Kier molecular flexibility index (Phi) is 4.62. The lowest BCUT2D eigenvalue weighted by Gasteiger charge is -2.03. The minimum absolute atomic E-state index is 0.262. The molecule has 0 amide bonds. The first-order chi connectivity index (χ1) is 10.2. The topological polar surface area (TPSA) is 48.2 Å². The molecule has 0 bridgehead atoms. The molecule has 0 atom stereocenters. The summed E-state index contributed by atoms with van der Waals surface area (Å²) in [5.41, 5.74) is 0. The lowest BCUT2D eigenvalue weighted by Crippen LogP contribution is -1.95. The number of benzene rings is 1. The van der Waals surface area contributed by atoms with Crippen LogP contribution < -0.4 is 4.74 Å². The molecule has 108 valence electrons. The molecular formula is C14H11BrN2O2S2. The Morgan fingerprint density at radius 2 is 2.00 bits per heavy atom. The monoisotopic (exact) mass is 382 g/mol. The lowest BCUT2D eigenvalue weighted by molar-refractivity contribution is 0.264. The summed E-state index contributed by atoms with van der Waals surface area (Å²) in [4.78, 5) is 2.13. The van der Waals surface area contributed by atoms with Gasteiger partial charge in [-0.25, -0.2) is 0 Å². The van der Waals surface area contributed by atoms with E-state index in [1.165, 1.54) is 4.90 Å². The number of aromatic nitrogens is 2. The average Bonchev–Trinajstić information content (AvgIpc) is 3.14. The van der Waals surface area contributed by atoms with E-state index in [4.69, 9.17) is 9.15 Å². The second kappa shape index (κ2) is 6.64. The van der Waals surface area contributed by atoms with Gasteiger partial charge in [-0.2, -0.15) is 0 Å². The van der Waals surface area contributed by atoms with E-state index in [2.05, 4.69) is 26.1 Å². The summed E-state index contributed by atoms with van der Waals surface area (Å²) in [5, 5.41) is 8.03. The Balaban J connectivity index is 1.64. The first kappa shape index (κ1) is 14.6. The van der Waals surface area contributed by atoms with Crippen molar-refractivity contribution in [3.63, 3.8) is 0 Å².